The third kappa shape index (κ3) is 3.49. The molecule has 0 saturated heterocycles. The van der Waals surface area contributed by atoms with Crippen LogP contribution in [0.5, 0.6) is 0 Å². The minimum absolute atomic E-state index is 0.0684. The summed E-state index contributed by atoms with van der Waals surface area (Å²) in [6, 6.07) is 7.96. The number of aryl methyl sites for hydroxylation is 4. The summed E-state index contributed by atoms with van der Waals surface area (Å²) in [5.74, 6) is -0.466. The van der Waals surface area contributed by atoms with Gasteiger partial charge < -0.3 is 4.57 Å². The van der Waals surface area contributed by atoms with E-state index in [2.05, 4.69) is 5.10 Å². The number of amides is 1. The van der Waals surface area contributed by atoms with Crippen LogP contribution in [0.4, 0.5) is 5.69 Å². The van der Waals surface area contributed by atoms with Crippen molar-refractivity contribution in [2.75, 3.05) is 10.6 Å². The first-order valence-electron chi connectivity index (χ1n) is 8.69. The Morgan fingerprint density at radius 1 is 1.19 bits per heavy atom. The van der Waals surface area contributed by atoms with Crippen molar-refractivity contribution in [3.05, 3.63) is 47.4 Å². The molecule has 0 fully saturated rings. The molecule has 0 radical (unpaired) electrons. The minimum Gasteiger partial charge on any atom is -0.347 e. The van der Waals surface area contributed by atoms with Crippen LogP contribution in [-0.4, -0.2) is 34.9 Å². The molecule has 2 heterocycles. The quantitative estimate of drug-likeness (QED) is 0.673. The highest BCUT2D eigenvalue weighted by atomic mass is 32.2. The van der Waals surface area contributed by atoms with Gasteiger partial charge in [-0.25, -0.2) is 12.7 Å². The second kappa shape index (κ2) is 6.84. The average Bonchev–Trinajstić information content (AvgIpc) is 3.03. The third-order valence-corrected chi connectivity index (χ3v) is 5.84. The van der Waals surface area contributed by atoms with Crippen molar-refractivity contribution in [1.82, 2.24) is 14.3 Å². The lowest BCUT2D eigenvalue weighted by atomic mass is 10.2. The summed E-state index contributed by atoms with van der Waals surface area (Å²) in [5.41, 5.74) is 3.64. The molecule has 0 aliphatic heterocycles. The molecule has 0 spiro atoms. The van der Waals surface area contributed by atoms with Crippen LogP contribution in [0.25, 0.3) is 10.9 Å². The van der Waals surface area contributed by atoms with E-state index >= 15 is 0 Å². The maximum atomic E-state index is 12.9. The number of para-hydroxylation sites is 1. The maximum Gasteiger partial charge on any atom is 0.242 e. The molecule has 0 unspecified atom stereocenters. The van der Waals surface area contributed by atoms with E-state index in [-0.39, 0.29) is 6.42 Å². The fourth-order valence-electron chi connectivity index (χ4n) is 3.46. The molecule has 0 bridgehead atoms. The molecule has 3 aromatic rings. The number of aromatic nitrogens is 3. The van der Waals surface area contributed by atoms with Gasteiger partial charge in [-0.3, -0.25) is 9.48 Å². The number of sulfonamides is 1. The lowest BCUT2D eigenvalue weighted by Gasteiger charge is -2.21. The zero-order valence-electron chi connectivity index (χ0n) is 16.2. The van der Waals surface area contributed by atoms with Crippen LogP contribution in [0.3, 0.4) is 0 Å². The Labute approximate surface area is 159 Å². The Morgan fingerprint density at radius 3 is 2.44 bits per heavy atom. The van der Waals surface area contributed by atoms with Gasteiger partial charge in [0, 0.05) is 37.1 Å². The summed E-state index contributed by atoms with van der Waals surface area (Å²) in [7, 11) is -2.04. The molecule has 8 heteroatoms. The molecular weight excluding hydrogens is 364 g/mol. The highest BCUT2D eigenvalue weighted by Crippen LogP contribution is 2.27. The molecule has 0 aliphatic rings. The van der Waals surface area contributed by atoms with E-state index in [9.17, 15) is 13.2 Å². The van der Waals surface area contributed by atoms with Crippen LogP contribution in [0.2, 0.25) is 0 Å². The second-order valence-electron chi connectivity index (χ2n) is 6.84. The molecule has 1 amide bonds. The molecule has 7 nitrogen and oxygen atoms in total. The van der Waals surface area contributed by atoms with Gasteiger partial charge in [0.25, 0.3) is 0 Å². The summed E-state index contributed by atoms with van der Waals surface area (Å²) in [6.45, 7) is 5.88. The molecule has 3 rings (SSSR count). The first kappa shape index (κ1) is 19.2. The van der Waals surface area contributed by atoms with E-state index < -0.39 is 15.9 Å². The average molecular weight is 388 g/mol. The number of carbonyl (C=O) groups excluding carboxylic acids is 1. The van der Waals surface area contributed by atoms with Gasteiger partial charge >= 0.3 is 0 Å². The van der Waals surface area contributed by atoms with Gasteiger partial charge in [-0.2, -0.15) is 5.10 Å². The van der Waals surface area contributed by atoms with Gasteiger partial charge in [-0.05, 0) is 32.4 Å². The third-order valence-electron chi connectivity index (χ3n) is 4.79. The normalized spacial score (nSPS) is 11.9. The number of rotatable bonds is 5. The lowest BCUT2D eigenvalue weighted by molar-refractivity contribution is -0.117. The van der Waals surface area contributed by atoms with Crippen molar-refractivity contribution in [2.45, 2.75) is 33.7 Å². The van der Waals surface area contributed by atoms with Gasteiger partial charge in [0.1, 0.15) is 5.69 Å². The molecule has 0 N–H and O–H groups in total. The number of fused-ring (bicyclic) bond motifs is 1. The SMILES string of the molecule is Cc1nn(C)c(C)c1N(C(=O)CCn1cc(C)c2ccccc21)S(C)(=O)=O. The smallest absolute Gasteiger partial charge is 0.242 e. The van der Waals surface area contributed by atoms with Gasteiger partial charge in [0.2, 0.25) is 15.9 Å². The Hall–Kier alpha value is -2.61. The number of hydrogen-bond acceptors (Lipinski definition) is 4. The summed E-state index contributed by atoms with van der Waals surface area (Å²) < 4.78 is 29.2. The van der Waals surface area contributed by atoms with Crippen molar-refractivity contribution < 1.29 is 13.2 Å². The van der Waals surface area contributed by atoms with Crippen LogP contribution in [0.1, 0.15) is 23.4 Å². The Bertz CT molecular complexity index is 1130. The zero-order chi connectivity index (χ0) is 19.9. The predicted molar refractivity (Wildman–Crippen MR) is 106 cm³/mol. The molecule has 1 aromatic carbocycles. The van der Waals surface area contributed by atoms with E-state index in [0.29, 0.717) is 23.6 Å². The predicted octanol–water partition coefficient (Wildman–Crippen LogP) is 2.68. The number of hydrogen-bond donors (Lipinski definition) is 0. The number of carbonyl (C=O) groups is 1. The van der Waals surface area contributed by atoms with Gasteiger partial charge in [0.05, 0.1) is 17.6 Å². The van der Waals surface area contributed by atoms with Crippen LogP contribution in [0.15, 0.2) is 30.5 Å². The fraction of sp³-hybridized carbons (Fsp3) is 0.368. The van der Waals surface area contributed by atoms with Crippen LogP contribution in [0, 0.1) is 20.8 Å². The first-order chi connectivity index (χ1) is 12.6. The Balaban J connectivity index is 1.92. The van der Waals surface area contributed by atoms with E-state index in [4.69, 9.17) is 0 Å². The number of benzene rings is 1. The minimum atomic E-state index is -3.77. The topological polar surface area (TPSA) is 77.2 Å². The highest BCUT2D eigenvalue weighted by Gasteiger charge is 2.30. The summed E-state index contributed by atoms with van der Waals surface area (Å²) in [5, 5.41) is 5.37. The summed E-state index contributed by atoms with van der Waals surface area (Å²) in [4.78, 5) is 12.9. The lowest BCUT2D eigenvalue weighted by Crippen LogP contribution is -2.37. The van der Waals surface area contributed by atoms with E-state index in [1.165, 1.54) is 0 Å². The fourth-order valence-corrected chi connectivity index (χ4v) is 4.52. The largest absolute Gasteiger partial charge is 0.347 e. The van der Waals surface area contributed by atoms with Crippen LogP contribution in [-0.2, 0) is 28.4 Å². The summed E-state index contributed by atoms with van der Waals surface area (Å²) >= 11 is 0. The molecule has 2 aromatic heterocycles. The Morgan fingerprint density at radius 2 is 1.85 bits per heavy atom. The van der Waals surface area contributed by atoms with Crippen molar-refractivity contribution in [1.29, 1.82) is 0 Å². The van der Waals surface area contributed by atoms with Crippen molar-refractivity contribution in [2.24, 2.45) is 7.05 Å². The van der Waals surface area contributed by atoms with Crippen LogP contribution >= 0.6 is 0 Å². The first-order valence-corrected chi connectivity index (χ1v) is 10.5. The van der Waals surface area contributed by atoms with Gasteiger partial charge in [-0.1, -0.05) is 18.2 Å². The van der Waals surface area contributed by atoms with Gasteiger partial charge in [0.15, 0.2) is 0 Å². The summed E-state index contributed by atoms with van der Waals surface area (Å²) in [6.07, 6.45) is 3.11. The maximum absolute atomic E-state index is 12.9. The van der Waals surface area contributed by atoms with Crippen molar-refractivity contribution in [3.8, 4) is 0 Å². The zero-order valence-corrected chi connectivity index (χ0v) is 17.0. The Kier molecular flexibility index (Phi) is 4.86. The van der Waals surface area contributed by atoms with E-state index in [1.54, 1.807) is 25.6 Å². The second-order valence-corrected chi connectivity index (χ2v) is 8.67. The molecule has 27 heavy (non-hydrogen) atoms. The van der Waals surface area contributed by atoms with E-state index in [0.717, 1.165) is 27.0 Å². The highest BCUT2D eigenvalue weighted by molar-refractivity contribution is 7.92. The molecule has 0 aliphatic carbocycles. The number of nitrogens with zero attached hydrogens (tertiary/aromatic N) is 4. The van der Waals surface area contributed by atoms with E-state index in [1.807, 2.05) is 42.0 Å². The monoisotopic (exact) mass is 388 g/mol. The standard InChI is InChI=1S/C19H24N4O3S/c1-13-12-22(17-9-7-6-8-16(13)17)11-10-18(24)23(27(5,25)26)19-14(2)20-21(4)15(19)3/h6-9,12H,10-11H2,1-5H3. The molecular formula is C19H24N4O3S. The van der Waals surface area contributed by atoms with Gasteiger partial charge in [-0.15, -0.1) is 0 Å². The molecule has 0 atom stereocenters. The van der Waals surface area contributed by atoms with Crippen molar-refractivity contribution >= 4 is 32.5 Å². The van der Waals surface area contributed by atoms with Crippen molar-refractivity contribution in [3.63, 3.8) is 0 Å². The molecule has 144 valence electrons. The van der Waals surface area contributed by atoms with Crippen LogP contribution < -0.4 is 4.31 Å². The molecule has 0 saturated carbocycles. The number of anilines is 1.